The van der Waals surface area contributed by atoms with Crippen LogP contribution < -0.4 is 20.7 Å². The summed E-state index contributed by atoms with van der Waals surface area (Å²) >= 11 is 5.45. The van der Waals surface area contributed by atoms with E-state index in [9.17, 15) is 4.79 Å². The number of hydrogen-bond donors (Lipinski definition) is 3. The van der Waals surface area contributed by atoms with Crippen LogP contribution >= 0.6 is 12.2 Å². The van der Waals surface area contributed by atoms with E-state index in [0.29, 0.717) is 18.3 Å². The summed E-state index contributed by atoms with van der Waals surface area (Å²) in [6.07, 6.45) is 0. The molecule has 0 saturated carbocycles. The molecule has 0 radical (unpaired) electrons. The Morgan fingerprint density at radius 3 is 2.55 bits per heavy atom. The van der Waals surface area contributed by atoms with Gasteiger partial charge in [0.15, 0.2) is 11.7 Å². The van der Waals surface area contributed by atoms with Crippen molar-refractivity contribution in [3.8, 4) is 5.75 Å². The van der Waals surface area contributed by atoms with Gasteiger partial charge in [0.05, 0.1) is 32.8 Å². The number of carbonyl (C=O) groups is 1. The Morgan fingerprint density at radius 1 is 1.36 bits per heavy atom. The van der Waals surface area contributed by atoms with E-state index >= 15 is 0 Å². The van der Waals surface area contributed by atoms with Crippen LogP contribution in [0.4, 0.5) is 5.69 Å². The van der Waals surface area contributed by atoms with Gasteiger partial charge in [0, 0.05) is 5.69 Å². The minimum Gasteiger partial charge on any atom is -0.494 e. The normalized spacial score (nSPS) is 15.4. The Morgan fingerprint density at radius 2 is 2.00 bits per heavy atom. The molecule has 0 atom stereocenters. The van der Waals surface area contributed by atoms with Gasteiger partial charge in [-0.25, -0.2) is 0 Å². The Labute approximate surface area is 136 Å². The fraction of sp³-hybridized carbons (Fsp3) is 0.467. The van der Waals surface area contributed by atoms with Gasteiger partial charge >= 0.3 is 0 Å². The lowest BCUT2D eigenvalue weighted by Gasteiger charge is -2.33. The highest BCUT2D eigenvalue weighted by Gasteiger charge is 2.22. The lowest BCUT2D eigenvalue weighted by Crippen LogP contribution is -3.15. The Bertz CT molecular complexity index is 513. The smallest absolute Gasteiger partial charge is 0.272 e. The van der Waals surface area contributed by atoms with E-state index in [-0.39, 0.29) is 5.91 Å². The van der Waals surface area contributed by atoms with Crippen molar-refractivity contribution < 1.29 is 14.4 Å². The van der Waals surface area contributed by atoms with Gasteiger partial charge in [-0.2, -0.15) is 0 Å². The number of carbonyl (C=O) groups excluding carboxylic acids is 1. The number of thiocarbonyl (C=S) groups is 1. The van der Waals surface area contributed by atoms with Crippen LogP contribution in [0.3, 0.4) is 0 Å². The fourth-order valence-electron chi connectivity index (χ4n) is 2.45. The molecule has 1 saturated heterocycles. The highest BCUT2D eigenvalue weighted by Crippen LogP contribution is 2.16. The van der Waals surface area contributed by atoms with E-state index in [0.717, 1.165) is 37.6 Å². The molecule has 0 aromatic heterocycles. The molecule has 1 aliphatic rings. The van der Waals surface area contributed by atoms with Gasteiger partial charge in [0.1, 0.15) is 5.75 Å². The van der Waals surface area contributed by atoms with E-state index in [4.69, 9.17) is 22.7 Å². The average molecular weight is 323 g/mol. The molecule has 120 valence electrons. The third kappa shape index (κ3) is 4.85. The highest BCUT2D eigenvalue weighted by atomic mass is 32.1. The van der Waals surface area contributed by atoms with Crippen LogP contribution in [0.2, 0.25) is 0 Å². The number of primary amides is 1. The second-order valence-electron chi connectivity index (χ2n) is 5.27. The highest BCUT2D eigenvalue weighted by molar-refractivity contribution is 7.80. The number of rotatable bonds is 5. The molecular formula is C15H23N4O2S+. The first kappa shape index (κ1) is 16.5. The summed E-state index contributed by atoms with van der Waals surface area (Å²) in [4.78, 5) is 14.3. The average Bonchev–Trinajstić information content (AvgIpc) is 2.49. The molecule has 2 rings (SSSR count). The van der Waals surface area contributed by atoms with Gasteiger partial charge in [-0.1, -0.05) is 0 Å². The SMILES string of the molecule is CCOc1ccc(NC(=S)N2CC[NH+](CC(N)=O)CC2)cc1. The predicted molar refractivity (Wildman–Crippen MR) is 90.2 cm³/mol. The number of nitrogens with zero attached hydrogens (tertiary/aromatic N) is 1. The van der Waals surface area contributed by atoms with E-state index < -0.39 is 0 Å². The molecule has 1 aromatic carbocycles. The van der Waals surface area contributed by atoms with Crippen molar-refractivity contribution in [2.75, 3.05) is 44.6 Å². The van der Waals surface area contributed by atoms with E-state index in [2.05, 4.69) is 10.2 Å². The first-order valence-corrected chi connectivity index (χ1v) is 7.90. The third-order valence-electron chi connectivity index (χ3n) is 3.60. The van der Waals surface area contributed by atoms with Gasteiger partial charge in [0.2, 0.25) is 0 Å². The van der Waals surface area contributed by atoms with E-state index in [1.54, 1.807) is 0 Å². The van der Waals surface area contributed by atoms with E-state index in [1.165, 1.54) is 4.90 Å². The summed E-state index contributed by atoms with van der Waals surface area (Å²) < 4.78 is 5.41. The summed E-state index contributed by atoms with van der Waals surface area (Å²) in [6.45, 7) is 6.40. The molecule has 1 aliphatic heterocycles. The van der Waals surface area contributed by atoms with Crippen LogP contribution in [0.1, 0.15) is 6.92 Å². The van der Waals surface area contributed by atoms with Crippen LogP contribution in [0.15, 0.2) is 24.3 Å². The van der Waals surface area contributed by atoms with Crippen LogP contribution in [-0.4, -0.2) is 55.3 Å². The maximum Gasteiger partial charge on any atom is 0.272 e. The molecule has 4 N–H and O–H groups in total. The Kier molecular flexibility index (Phi) is 5.97. The lowest BCUT2D eigenvalue weighted by atomic mass is 10.3. The summed E-state index contributed by atoms with van der Waals surface area (Å²) in [7, 11) is 0. The Balaban J connectivity index is 1.81. The molecule has 1 amide bonds. The molecule has 7 heteroatoms. The number of hydrogen-bond acceptors (Lipinski definition) is 3. The number of ether oxygens (including phenoxy) is 1. The van der Waals surface area contributed by atoms with Crippen molar-refractivity contribution in [1.29, 1.82) is 0 Å². The predicted octanol–water partition coefficient (Wildman–Crippen LogP) is -0.532. The van der Waals surface area contributed by atoms with Gasteiger partial charge in [-0.3, -0.25) is 4.79 Å². The molecule has 1 fully saturated rings. The fourth-order valence-corrected chi connectivity index (χ4v) is 2.75. The molecule has 1 aromatic rings. The number of quaternary nitrogens is 1. The summed E-state index contributed by atoms with van der Waals surface area (Å²) in [5.41, 5.74) is 6.18. The third-order valence-corrected chi connectivity index (χ3v) is 3.96. The zero-order valence-corrected chi connectivity index (χ0v) is 13.6. The van der Waals surface area contributed by atoms with Crippen molar-refractivity contribution in [1.82, 2.24) is 4.90 Å². The minimum atomic E-state index is -0.251. The van der Waals surface area contributed by atoms with Crippen molar-refractivity contribution >= 4 is 28.9 Å². The van der Waals surface area contributed by atoms with Crippen LogP contribution in [0.5, 0.6) is 5.75 Å². The zero-order valence-electron chi connectivity index (χ0n) is 12.8. The zero-order chi connectivity index (χ0) is 15.9. The molecular weight excluding hydrogens is 300 g/mol. The number of piperazine rings is 1. The molecule has 0 spiro atoms. The van der Waals surface area contributed by atoms with Gasteiger partial charge < -0.3 is 25.6 Å². The topological polar surface area (TPSA) is 72.0 Å². The number of nitrogens with one attached hydrogen (secondary N) is 2. The van der Waals surface area contributed by atoms with Gasteiger partial charge in [-0.15, -0.1) is 0 Å². The molecule has 0 aliphatic carbocycles. The molecule has 0 unspecified atom stereocenters. The van der Waals surface area contributed by atoms with Crippen molar-refractivity contribution in [2.45, 2.75) is 6.92 Å². The Hall–Kier alpha value is -1.86. The monoisotopic (exact) mass is 323 g/mol. The van der Waals surface area contributed by atoms with Crippen molar-refractivity contribution in [2.24, 2.45) is 5.73 Å². The molecule has 0 bridgehead atoms. The molecule has 22 heavy (non-hydrogen) atoms. The quantitative estimate of drug-likeness (QED) is 0.635. The van der Waals surface area contributed by atoms with Gasteiger partial charge in [0.25, 0.3) is 5.91 Å². The number of amides is 1. The second kappa shape index (κ2) is 7.95. The first-order valence-electron chi connectivity index (χ1n) is 7.49. The van der Waals surface area contributed by atoms with E-state index in [1.807, 2.05) is 31.2 Å². The van der Waals surface area contributed by atoms with Crippen LogP contribution in [-0.2, 0) is 4.79 Å². The van der Waals surface area contributed by atoms with Crippen LogP contribution in [0.25, 0.3) is 0 Å². The minimum absolute atomic E-state index is 0.251. The lowest BCUT2D eigenvalue weighted by molar-refractivity contribution is -0.895. The van der Waals surface area contributed by atoms with Crippen molar-refractivity contribution in [3.63, 3.8) is 0 Å². The summed E-state index contributed by atoms with van der Waals surface area (Å²) in [5, 5.41) is 3.95. The second-order valence-corrected chi connectivity index (χ2v) is 5.65. The first-order chi connectivity index (χ1) is 10.6. The largest absolute Gasteiger partial charge is 0.494 e. The standard InChI is InChI=1S/C15H22N4O2S/c1-2-21-13-5-3-12(4-6-13)17-15(22)19-9-7-18(8-10-19)11-14(16)20/h3-6H,2,7-11H2,1H3,(H2,16,20)(H,17,22)/p+1. The number of anilines is 1. The number of nitrogens with two attached hydrogens (primary N) is 1. The molecule has 6 nitrogen and oxygen atoms in total. The van der Waals surface area contributed by atoms with Crippen molar-refractivity contribution in [3.05, 3.63) is 24.3 Å². The molecule has 1 heterocycles. The van der Waals surface area contributed by atoms with Crippen LogP contribution in [0, 0.1) is 0 Å². The van der Waals surface area contributed by atoms with Gasteiger partial charge in [-0.05, 0) is 43.4 Å². The number of benzene rings is 1. The summed E-state index contributed by atoms with van der Waals surface area (Å²) in [5.74, 6) is 0.598. The summed E-state index contributed by atoms with van der Waals surface area (Å²) in [6, 6.07) is 7.74. The maximum absolute atomic E-state index is 10.9. The maximum atomic E-state index is 10.9.